The van der Waals surface area contributed by atoms with Crippen LogP contribution in [0.3, 0.4) is 0 Å². The number of rotatable bonds is 0. The number of halogens is 1. The predicted octanol–water partition coefficient (Wildman–Crippen LogP) is -3.22. The van der Waals surface area contributed by atoms with Crippen molar-refractivity contribution in [2.45, 2.75) is 0 Å². The molecule has 0 aromatic carbocycles. The Kier molecular flexibility index (Phi) is 337. The molecule has 0 bridgehead atoms. The van der Waals surface area contributed by atoms with Gasteiger partial charge in [0.1, 0.15) is 0 Å². The molecule has 2 nitrogen and oxygen atoms in total. The molecule has 38 valence electrons. The van der Waals surface area contributed by atoms with Gasteiger partial charge in [-0.1, -0.05) is 0 Å². The van der Waals surface area contributed by atoms with Gasteiger partial charge in [0.15, 0.2) is 0 Å². The van der Waals surface area contributed by atoms with Gasteiger partial charge in [-0.05, 0) is 5.97 Å². The quantitative estimate of drug-likeness (QED) is 0.413. The summed E-state index contributed by atoms with van der Waals surface area (Å²) < 4.78 is 0. The van der Waals surface area contributed by atoms with E-state index in [1.807, 2.05) is 0 Å². The van der Waals surface area contributed by atoms with E-state index in [-0.39, 0.29) is 62.9 Å². The minimum Gasteiger partial charge on any atom is -1.00 e. The Morgan fingerprint density at radius 3 is 1.62 bits per heavy atom. The first kappa shape index (κ1) is 34.2. The summed E-state index contributed by atoms with van der Waals surface area (Å²) in [6.07, 6.45) is 0. The van der Waals surface area contributed by atoms with Crippen LogP contribution in [0.25, 0.3) is 0 Å². The Labute approximate surface area is 93.4 Å². The van der Waals surface area contributed by atoms with Gasteiger partial charge in [-0.25, -0.2) is 5.26 Å². The topological polar surface area (TPSA) is 44.0 Å². The molecule has 1 N–H and O–H groups in total. The zero-order valence-electron chi connectivity index (χ0n) is 6.09. The molecule has 0 spiro atoms. The zero-order chi connectivity index (χ0) is 4.71. The van der Waals surface area contributed by atoms with Crippen LogP contribution >= 0.6 is 12.4 Å². The van der Waals surface area contributed by atoms with Gasteiger partial charge in [0.05, 0.1) is 0 Å². The van der Waals surface area contributed by atoms with E-state index in [1.54, 1.807) is 0 Å². The molecule has 0 heterocycles. The third-order valence-electron chi connectivity index (χ3n) is 0. The van der Waals surface area contributed by atoms with Gasteiger partial charge in [0.25, 0.3) is 0 Å². The van der Waals surface area contributed by atoms with Crippen LogP contribution in [-0.4, -0.2) is 20.1 Å². The molecule has 6 heteroatoms. The molecule has 0 aliphatic heterocycles. The van der Waals surface area contributed by atoms with Gasteiger partial charge in [-0.15, -0.1) is 12.4 Å². The smallest absolute Gasteiger partial charge is 1.00 e. The van der Waals surface area contributed by atoms with Crippen LogP contribution in [0.5, 0.6) is 0 Å². The van der Waals surface area contributed by atoms with Gasteiger partial charge in [0, 0.05) is 26.6 Å². The fourth-order valence-corrected chi connectivity index (χ4v) is 0. The van der Waals surface area contributed by atoms with Crippen LogP contribution in [0.2, 0.25) is 0 Å². The maximum atomic E-state index is 7.10. The third-order valence-corrected chi connectivity index (χ3v) is 0. The Bertz CT molecular complexity index is 48.0. The molecule has 0 saturated carbocycles. The van der Waals surface area contributed by atoms with Crippen molar-refractivity contribution < 1.29 is 55.6 Å². The maximum absolute atomic E-state index is 7.10. The van der Waals surface area contributed by atoms with Crippen molar-refractivity contribution in [3.63, 3.8) is 0 Å². The summed E-state index contributed by atoms with van der Waals surface area (Å²) in [7, 11) is 5.15. The Morgan fingerprint density at radius 2 is 1.62 bits per heavy atom. The standard InChI is InChI=1S/CBN.CH4O.ClH.Na.Zn.H/c2-1-3;1-2;;;;/h;2H,1H3;1H;;;/q;;;+1;;-1. The molecule has 0 fully saturated rings. The number of nitrogens with zero attached hydrogens (tertiary/aromatic N) is 1. The number of aliphatic hydroxyl groups is 1. The molecule has 0 saturated heterocycles. The second-order valence-electron chi connectivity index (χ2n) is 0.129. The number of aliphatic hydroxyl groups excluding tert-OH is 1. The minimum absolute atomic E-state index is 0. The van der Waals surface area contributed by atoms with E-state index in [9.17, 15) is 0 Å². The van der Waals surface area contributed by atoms with Crippen molar-refractivity contribution in [2.24, 2.45) is 0 Å². The minimum atomic E-state index is 0. The molecule has 0 aliphatic rings. The van der Waals surface area contributed by atoms with Crippen LogP contribution in [0.1, 0.15) is 1.43 Å². The van der Waals surface area contributed by atoms with Crippen LogP contribution in [0, 0.1) is 11.2 Å². The van der Waals surface area contributed by atoms with Crippen LogP contribution in [0.15, 0.2) is 0 Å². The molecule has 0 atom stereocenters. The fraction of sp³-hybridized carbons (Fsp3) is 0.500. The van der Waals surface area contributed by atoms with Gasteiger partial charge in [0.2, 0.25) is 7.85 Å². The van der Waals surface area contributed by atoms with Crippen LogP contribution in [-0.2, 0) is 19.5 Å². The van der Waals surface area contributed by atoms with Gasteiger partial charge in [-0.3, -0.25) is 0 Å². The number of hydrogen-bond acceptors (Lipinski definition) is 2. The van der Waals surface area contributed by atoms with E-state index in [0.29, 0.717) is 0 Å². The Balaban J connectivity index is -0.00000000357. The molecule has 0 aromatic rings. The summed E-state index contributed by atoms with van der Waals surface area (Å²) in [5.41, 5.74) is 0. The summed E-state index contributed by atoms with van der Waals surface area (Å²) in [5.74, 6) is 1.25. The molecular formula is C2H6BClNNaOZn. The van der Waals surface area contributed by atoms with Crippen LogP contribution < -0.4 is 29.6 Å². The molecule has 8 heavy (non-hydrogen) atoms. The van der Waals surface area contributed by atoms with E-state index >= 15 is 0 Å². The van der Waals surface area contributed by atoms with E-state index < -0.39 is 0 Å². The van der Waals surface area contributed by atoms with E-state index in [2.05, 4.69) is 7.85 Å². The van der Waals surface area contributed by atoms with Crippen molar-refractivity contribution in [3.8, 4) is 5.97 Å². The fourth-order valence-electron chi connectivity index (χ4n) is 0. The first-order valence-electron chi connectivity index (χ1n) is 0.959. The SMILES string of the molecule is CO.Cl.[B]C#N.[H-].[Na+].[Zn]. The summed E-state index contributed by atoms with van der Waals surface area (Å²) in [5, 5.41) is 14.1. The Hall–Kier alpha value is 1.43. The second-order valence-corrected chi connectivity index (χ2v) is 0.129. The zero-order valence-corrected chi connectivity index (χ0v) is 10.9. The molecule has 0 aromatic heterocycles. The van der Waals surface area contributed by atoms with Crippen molar-refractivity contribution in [2.75, 3.05) is 7.11 Å². The van der Waals surface area contributed by atoms with Crippen molar-refractivity contribution in [1.82, 2.24) is 0 Å². The van der Waals surface area contributed by atoms with E-state index in [4.69, 9.17) is 10.4 Å². The number of hydrogen-bond donors (Lipinski definition) is 1. The maximum Gasteiger partial charge on any atom is 1.00 e. The van der Waals surface area contributed by atoms with Gasteiger partial charge < -0.3 is 6.53 Å². The van der Waals surface area contributed by atoms with Crippen molar-refractivity contribution in [3.05, 3.63) is 0 Å². The van der Waals surface area contributed by atoms with Crippen molar-refractivity contribution in [1.29, 1.82) is 5.26 Å². The molecule has 0 unspecified atom stereocenters. The first-order valence-corrected chi connectivity index (χ1v) is 0.959. The summed E-state index contributed by atoms with van der Waals surface area (Å²) in [4.78, 5) is 0. The Morgan fingerprint density at radius 1 is 1.62 bits per heavy atom. The summed E-state index contributed by atoms with van der Waals surface area (Å²) in [6, 6.07) is 0. The largest absolute Gasteiger partial charge is 1.00 e. The molecule has 0 rings (SSSR count). The average molecular weight is 195 g/mol. The average Bonchev–Trinajstić information content (AvgIpc) is 1.46. The number of nitriles is 1. The molecular weight excluding hydrogens is 189 g/mol. The van der Waals surface area contributed by atoms with E-state index in [0.717, 1.165) is 7.11 Å². The summed E-state index contributed by atoms with van der Waals surface area (Å²) in [6.45, 7) is 0. The third kappa shape index (κ3) is 150. The molecule has 0 aliphatic carbocycles. The van der Waals surface area contributed by atoms with Crippen LogP contribution in [0.4, 0.5) is 0 Å². The monoisotopic (exact) mass is 193 g/mol. The molecule has 2 radical (unpaired) electrons. The summed E-state index contributed by atoms with van der Waals surface area (Å²) >= 11 is 0. The normalized spacial score (nSPS) is 1.62. The van der Waals surface area contributed by atoms with Crippen molar-refractivity contribution >= 4 is 20.3 Å². The second kappa shape index (κ2) is 78.9. The first-order chi connectivity index (χ1) is 2.41. The van der Waals surface area contributed by atoms with Gasteiger partial charge >= 0.3 is 29.6 Å². The van der Waals surface area contributed by atoms with E-state index in [1.165, 1.54) is 5.97 Å². The predicted molar refractivity (Wildman–Crippen MR) is 27.9 cm³/mol. The molecule has 0 amide bonds. The van der Waals surface area contributed by atoms with Gasteiger partial charge in [-0.2, -0.15) is 0 Å².